The largest absolute Gasteiger partial charge is 0.382 e. The number of thiocarbonyl (C=S) groups is 1. The number of halogens is 1. The number of benzene rings is 1. The van der Waals surface area contributed by atoms with Crippen molar-refractivity contribution in [3.05, 3.63) is 65.7 Å². The molecule has 26 heavy (non-hydrogen) atoms. The van der Waals surface area contributed by atoms with Crippen molar-refractivity contribution in [1.82, 2.24) is 15.8 Å². The van der Waals surface area contributed by atoms with Crippen LogP contribution in [0.2, 0.25) is 0 Å². The summed E-state index contributed by atoms with van der Waals surface area (Å²) >= 11 is 5.73. The van der Waals surface area contributed by atoms with Crippen LogP contribution in [0.25, 0.3) is 0 Å². The maximum Gasteiger partial charge on any atom is 0.123 e. The van der Waals surface area contributed by atoms with E-state index >= 15 is 0 Å². The molecule has 2 unspecified atom stereocenters. The molecule has 0 bridgehead atoms. The first-order chi connectivity index (χ1) is 12.7. The second-order valence-electron chi connectivity index (χ2n) is 6.62. The predicted octanol–water partition coefficient (Wildman–Crippen LogP) is 3.67. The maximum atomic E-state index is 13.0. The van der Waals surface area contributed by atoms with Crippen molar-refractivity contribution in [2.75, 3.05) is 7.05 Å². The molecule has 0 aliphatic heterocycles. The van der Waals surface area contributed by atoms with Crippen LogP contribution in [-0.2, 0) is 16.9 Å². The second kappa shape index (κ2) is 8.66. The highest BCUT2D eigenvalue weighted by atomic mass is 32.1. The lowest BCUT2D eigenvalue weighted by Crippen LogP contribution is -2.57. The van der Waals surface area contributed by atoms with Crippen molar-refractivity contribution < 1.29 is 9.23 Å². The van der Waals surface area contributed by atoms with Gasteiger partial charge in [0, 0.05) is 25.5 Å². The number of pyridine rings is 1. The van der Waals surface area contributed by atoms with Gasteiger partial charge in [0.05, 0.1) is 17.0 Å². The molecule has 3 rings (SSSR count). The fourth-order valence-electron chi connectivity index (χ4n) is 3.74. The van der Waals surface area contributed by atoms with Crippen LogP contribution in [0.3, 0.4) is 0 Å². The lowest BCUT2D eigenvalue weighted by Gasteiger charge is -2.44. The number of hydrogen-bond donors (Lipinski definition) is 2. The first-order valence-electron chi connectivity index (χ1n) is 8.91. The maximum absolute atomic E-state index is 13.0. The average molecular weight is 373 g/mol. The topological polar surface area (TPSA) is 46.2 Å². The van der Waals surface area contributed by atoms with Crippen LogP contribution in [0.15, 0.2) is 48.8 Å². The quantitative estimate of drug-likeness (QED) is 0.598. The molecule has 1 heterocycles. The molecule has 0 saturated heterocycles. The molecule has 1 aliphatic rings. The van der Waals surface area contributed by atoms with Crippen molar-refractivity contribution in [1.29, 1.82) is 0 Å². The molecular formula is C20H24FN3OS. The number of hydroxylamine groups is 1. The Labute approximate surface area is 159 Å². The van der Waals surface area contributed by atoms with Gasteiger partial charge in [-0.1, -0.05) is 43.3 Å². The van der Waals surface area contributed by atoms with Gasteiger partial charge in [0.15, 0.2) is 0 Å². The molecule has 0 amide bonds. The zero-order chi connectivity index (χ0) is 18.4. The Bertz CT molecular complexity index is 726. The van der Waals surface area contributed by atoms with Crippen LogP contribution in [0, 0.1) is 5.82 Å². The predicted molar refractivity (Wildman–Crippen MR) is 104 cm³/mol. The molecule has 2 atom stereocenters. The molecule has 138 valence electrons. The summed E-state index contributed by atoms with van der Waals surface area (Å²) in [6, 6.07) is 10.4. The summed E-state index contributed by atoms with van der Waals surface area (Å²) < 4.78 is 13.0. The Morgan fingerprint density at radius 3 is 2.81 bits per heavy atom. The fraction of sp³-hybridized carbons (Fsp3) is 0.400. The van der Waals surface area contributed by atoms with Gasteiger partial charge in [-0.25, -0.2) is 4.39 Å². The summed E-state index contributed by atoms with van der Waals surface area (Å²) in [5.74, 6) is -0.246. The highest BCUT2D eigenvalue weighted by Crippen LogP contribution is 2.40. The summed E-state index contributed by atoms with van der Waals surface area (Å²) in [6.45, 7) is 0.367. The van der Waals surface area contributed by atoms with E-state index in [1.54, 1.807) is 18.3 Å². The van der Waals surface area contributed by atoms with Crippen LogP contribution in [0.5, 0.6) is 0 Å². The lowest BCUT2D eigenvalue weighted by molar-refractivity contribution is -0.0178. The van der Waals surface area contributed by atoms with Crippen LogP contribution < -0.4 is 10.8 Å². The minimum Gasteiger partial charge on any atom is -0.382 e. The molecule has 1 saturated carbocycles. The summed E-state index contributed by atoms with van der Waals surface area (Å²) in [5.41, 5.74) is 4.91. The Balaban J connectivity index is 1.78. The van der Waals surface area contributed by atoms with Crippen LogP contribution >= 0.6 is 12.2 Å². The van der Waals surface area contributed by atoms with E-state index in [4.69, 9.17) is 17.1 Å². The van der Waals surface area contributed by atoms with E-state index in [1.165, 1.54) is 12.1 Å². The van der Waals surface area contributed by atoms with Gasteiger partial charge in [0.2, 0.25) is 0 Å². The molecular weight excluding hydrogens is 349 g/mol. The van der Waals surface area contributed by atoms with E-state index in [1.807, 2.05) is 19.3 Å². The Morgan fingerprint density at radius 2 is 2.12 bits per heavy atom. The van der Waals surface area contributed by atoms with Gasteiger partial charge in [-0.3, -0.25) is 9.82 Å². The van der Waals surface area contributed by atoms with Gasteiger partial charge in [-0.15, -0.1) is 0 Å². The van der Waals surface area contributed by atoms with E-state index in [-0.39, 0.29) is 17.3 Å². The zero-order valence-electron chi connectivity index (χ0n) is 14.9. The Hall–Kier alpha value is -1.89. The smallest absolute Gasteiger partial charge is 0.123 e. The normalized spacial score (nSPS) is 22.8. The van der Waals surface area contributed by atoms with Gasteiger partial charge >= 0.3 is 0 Å². The molecule has 4 nitrogen and oxygen atoms in total. The van der Waals surface area contributed by atoms with Gasteiger partial charge in [-0.05, 0) is 42.2 Å². The summed E-state index contributed by atoms with van der Waals surface area (Å²) in [6.07, 6.45) is 7.79. The molecule has 1 fully saturated rings. The minimum absolute atomic E-state index is 0.0425. The molecule has 1 aromatic carbocycles. The van der Waals surface area contributed by atoms with Crippen molar-refractivity contribution in [3.8, 4) is 0 Å². The monoisotopic (exact) mass is 373 g/mol. The molecule has 2 N–H and O–H groups in total. The summed E-state index contributed by atoms with van der Waals surface area (Å²) in [7, 11) is 1.87. The van der Waals surface area contributed by atoms with E-state index in [0.717, 1.165) is 41.8 Å². The third kappa shape index (κ3) is 3.92. The number of nitrogens with zero attached hydrogens (tertiary/aromatic N) is 1. The number of nitrogens with one attached hydrogen (secondary N) is 2. The van der Waals surface area contributed by atoms with Crippen LogP contribution in [0.1, 0.15) is 36.8 Å². The van der Waals surface area contributed by atoms with E-state index in [9.17, 15) is 4.39 Å². The van der Waals surface area contributed by atoms with Gasteiger partial charge in [-0.2, -0.15) is 5.48 Å². The van der Waals surface area contributed by atoms with Crippen LogP contribution in [0.4, 0.5) is 4.39 Å². The average Bonchev–Trinajstić information content (AvgIpc) is 2.70. The molecule has 1 aromatic heterocycles. The first-order valence-corrected chi connectivity index (χ1v) is 9.32. The first kappa shape index (κ1) is 18.9. The van der Waals surface area contributed by atoms with E-state index < -0.39 is 0 Å². The lowest BCUT2D eigenvalue weighted by atomic mass is 9.66. The summed E-state index contributed by atoms with van der Waals surface area (Å²) in [4.78, 5) is 10.9. The Morgan fingerprint density at radius 1 is 1.31 bits per heavy atom. The number of rotatable bonds is 6. The van der Waals surface area contributed by atoms with E-state index in [0.29, 0.717) is 6.61 Å². The Kier molecular flexibility index (Phi) is 6.29. The van der Waals surface area contributed by atoms with Gasteiger partial charge < -0.3 is 5.32 Å². The van der Waals surface area contributed by atoms with Crippen molar-refractivity contribution in [3.63, 3.8) is 0 Å². The molecule has 0 radical (unpaired) electrons. The molecule has 6 heteroatoms. The van der Waals surface area contributed by atoms with Crippen molar-refractivity contribution in [2.45, 2.75) is 43.7 Å². The second-order valence-corrected chi connectivity index (χ2v) is 7.03. The van der Waals surface area contributed by atoms with E-state index in [2.05, 4.69) is 21.8 Å². The van der Waals surface area contributed by atoms with Crippen LogP contribution in [-0.4, -0.2) is 23.1 Å². The highest BCUT2D eigenvalue weighted by Gasteiger charge is 2.46. The molecule has 1 aliphatic carbocycles. The van der Waals surface area contributed by atoms with Gasteiger partial charge in [0.25, 0.3) is 0 Å². The molecule has 2 aromatic rings. The SMILES string of the molecule is CNC(=S)C1(c2cccnc2)CCCCC1NOCc1ccc(F)cc1. The summed E-state index contributed by atoms with van der Waals surface area (Å²) in [5, 5.41) is 3.18. The standard InChI is InChI=1S/C20H24FN3OS/c1-22-19(26)20(16-5-4-12-23-13-16)11-3-2-6-18(20)24-25-14-15-7-9-17(21)10-8-15/h4-5,7-10,12-13,18,24H,2-3,6,11,14H2,1H3,(H,22,26). The zero-order valence-corrected chi connectivity index (χ0v) is 15.7. The van der Waals surface area contributed by atoms with Crippen molar-refractivity contribution >= 4 is 17.2 Å². The number of aromatic nitrogens is 1. The third-order valence-corrected chi connectivity index (χ3v) is 5.66. The third-order valence-electron chi connectivity index (χ3n) is 5.10. The van der Waals surface area contributed by atoms with Gasteiger partial charge in [0.1, 0.15) is 5.82 Å². The number of hydrogen-bond acceptors (Lipinski definition) is 4. The number of likely N-dealkylation sites (N-methyl/N-ethyl adjacent to an activating group) is 1. The molecule has 0 spiro atoms. The minimum atomic E-state index is -0.348. The highest BCUT2D eigenvalue weighted by molar-refractivity contribution is 7.80. The fourth-order valence-corrected chi connectivity index (χ4v) is 4.10. The van der Waals surface area contributed by atoms with Crippen molar-refractivity contribution in [2.24, 2.45) is 0 Å².